The number of hydrogen-bond donors (Lipinski definition) is 2. The van der Waals surface area contributed by atoms with Gasteiger partial charge in [-0.05, 0) is 58.6 Å². The Bertz CT molecular complexity index is 1020. The highest BCUT2D eigenvalue weighted by atomic mass is 16.5. The highest BCUT2D eigenvalue weighted by Crippen LogP contribution is 2.47. The molecule has 1 saturated carbocycles. The summed E-state index contributed by atoms with van der Waals surface area (Å²) in [6.45, 7) is 8.30. The van der Waals surface area contributed by atoms with Gasteiger partial charge < -0.3 is 25.3 Å². The van der Waals surface area contributed by atoms with Crippen molar-refractivity contribution in [3.8, 4) is 11.5 Å². The summed E-state index contributed by atoms with van der Waals surface area (Å²) < 4.78 is 16.8. The summed E-state index contributed by atoms with van der Waals surface area (Å²) in [7, 11) is 3.25. The van der Waals surface area contributed by atoms with Crippen LogP contribution in [0.2, 0.25) is 0 Å². The lowest BCUT2D eigenvalue weighted by atomic mass is 9.89. The fourth-order valence-electron chi connectivity index (χ4n) is 5.42. The van der Waals surface area contributed by atoms with Crippen LogP contribution < -0.4 is 20.5 Å². The molecule has 1 fully saturated rings. The van der Waals surface area contributed by atoms with E-state index in [0.29, 0.717) is 31.6 Å². The molecule has 3 N–H and O–H groups in total. The van der Waals surface area contributed by atoms with Crippen LogP contribution in [0.5, 0.6) is 11.5 Å². The first-order valence-electron chi connectivity index (χ1n) is 12.3. The lowest BCUT2D eigenvalue weighted by Gasteiger charge is -2.38. The maximum absolute atomic E-state index is 13.4. The van der Waals surface area contributed by atoms with Gasteiger partial charge in [0, 0.05) is 43.7 Å². The van der Waals surface area contributed by atoms with Crippen molar-refractivity contribution in [2.75, 3.05) is 20.8 Å². The van der Waals surface area contributed by atoms with Crippen LogP contribution in [-0.4, -0.2) is 60.7 Å². The molecule has 0 bridgehead atoms. The maximum atomic E-state index is 13.4. The van der Waals surface area contributed by atoms with Crippen molar-refractivity contribution in [2.45, 2.75) is 76.6 Å². The monoisotopic (exact) mass is 486 g/mol. The fraction of sp³-hybridized carbons (Fsp3) is 0.654. The van der Waals surface area contributed by atoms with Gasteiger partial charge in [-0.1, -0.05) is 0 Å². The summed E-state index contributed by atoms with van der Waals surface area (Å²) in [4.78, 5) is 32.5. The molecule has 0 aromatic heterocycles. The van der Waals surface area contributed by atoms with Crippen LogP contribution in [0, 0.1) is 11.8 Å². The van der Waals surface area contributed by atoms with Crippen molar-refractivity contribution < 1.29 is 23.8 Å². The molecule has 1 unspecified atom stereocenters. The van der Waals surface area contributed by atoms with Gasteiger partial charge in [-0.15, -0.1) is 0 Å². The summed E-state index contributed by atoms with van der Waals surface area (Å²) in [5, 5.41) is 3.25. The second-order valence-electron chi connectivity index (χ2n) is 11.1. The van der Waals surface area contributed by atoms with Gasteiger partial charge in [-0.3, -0.25) is 14.5 Å². The van der Waals surface area contributed by atoms with Crippen molar-refractivity contribution >= 4 is 17.8 Å². The Labute approximate surface area is 207 Å². The van der Waals surface area contributed by atoms with Gasteiger partial charge in [-0.2, -0.15) is 0 Å². The third-order valence-corrected chi connectivity index (χ3v) is 7.13. The minimum absolute atomic E-state index is 0.00671. The third kappa shape index (κ3) is 5.39. The number of fused-ring (bicyclic) bond motifs is 1. The Kier molecular flexibility index (Phi) is 6.74. The molecule has 0 spiro atoms. The molecule has 4 rings (SSSR count). The minimum Gasteiger partial charge on any atom is -0.497 e. The highest BCUT2D eigenvalue weighted by Gasteiger charge is 2.52. The smallest absolute Gasteiger partial charge is 0.231 e. The number of carbonyl (C=O) groups is 2. The summed E-state index contributed by atoms with van der Waals surface area (Å²) in [5.41, 5.74) is 6.24. The first-order chi connectivity index (χ1) is 16.4. The quantitative estimate of drug-likeness (QED) is 0.584. The molecule has 4 atom stereocenters. The number of rotatable bonds is 8. The second kappa shape index (κ2) is 9.33. The number of methoxy groups -OCH3 is 2. The molecular weight excluding hydrogens is 448 g/mol. The van der Waals surface area contributed by atoms with E-state index < -0.39 is 11.1 Å². The van der Waals surface area contributed by atoms with Gasteiger partial charge >= 0.3 is 0 Å². The lowest BCUT2D eigenvalue weighted by Crippen LogP contribution is -2.55. The zero-order valence-electron chi connectivity index (χ0n) is 21.6. The molecule has 1 aliphatic carbocycles. The maximum Gasteiger partial charge on any atom is 0.231 e. The van der Waals surface area contributed by atoms with Crippen molar-refractivity contribution in [2.24, 2.45) is 22.6 Å². The Morgan fingerprint density at radius 2 is 2.06 bits per heavy atom. The fourth-order valence-corrected chi connectivity index (χ4v) is 5.42. The van der Waals surface area contributed by atoms with Gasteiger partial charge in [0.2, 0.25) is 11.8 Å². The predicted octanol–water partition coefficient (Wildman–Crippen LogP) is 2.78. The third-order valence-electron chi connectivity index (χ3n) is 7.13. The van der Waals surface area contributed by atoms with Gasteiger partial charge in [-0.25, -0.2) is 4.99 Å². The first kappa shape index (κ1) is 25.3. The summed E-state index contributed by atoms with van der Waals surface area (Å²) in [6, 6.07) is 5.30. The van der Waals surface area contributed by atoms with E-state index in [9.17, 15) is 9.59 Å². The van der Waals surface area contributed by atoms with E-state index in [1.165, 1.54) is 0 Å². The van der Waals surface area contributed by atoms with Gasteiger partial charge in [0.25, 0.3) is 0 Å². The summed E-state index contributed by atoms with van der Waals surface area (Å²) in [6.07, 6.45) is 2.24. The highest BCUT2D eigenvalue weighted by molar-refractivity contribution is 5.99. The average molecular weight is 487 g/mol. The topological polar surface area (TPSA) is 115 Å². The minimum atomic E-state index is -0.518. The van der Waals surface area contributed by atoms with Crippen LogP contribution in [0.25, 0.3) is 0 Å². The number of carbonyl (C=O) groups excluding carboxylic acids is 2. The standard InChI is InChI=1S/C26H38N4O5/c1-25(2)14-22(31)30(24(27)29-25)20(9-10-33-5)17-12-18(17)23(32)28-19-13-26(3,4)35-21-11-15(34-6)7-8-16(19)21/h7-8,11,17-20H,9-10,12-14H2,1-6H3,(H2,27,29)(H,28,32)/t17?,18-,19+,20-/m1/s1. The molecular formula is C26H38N4O5. The number of hydrogen-bond acceptors (Lipinski definition) is 7. The Morgan fingerprint density at radius 1 is 1.31 bits per heavy atom. The van der Waals surface area contributed by atoms with Crippen molar-refractivity contribution in [1.82, 2.24) is 10.2 Å². The van der Waals surface area contributed by atoms with Crippen LogP contribution >= 0.6 is 0 Å². The largest absolute Gasteiger partial charge is 0.497 e. The second-order valence-corrected chi connectivity index (χ2v) is 11.1. The number of nitrogens with one attached hydrogen (secondary N) is 1. The van der Waals surface area contributed by atoms with Crippen LogP contribution in [0.1, 0.15) is 65.0 Å². The molecule has 1 aromatic rings. The van der Waals surface area contributed by atoms with E-state index in [2.05, 4.69) is 10.3 Å². The summed E-state index contributed by atoms with van der Waals surface area (Å²) >= 11 is 0. The Hall–Kier alpha value is -2.81. The number of nitrogens with two attached hydrogens (primary N) is 1. The van der Waals surface area contributed by atoms with Crippen LogP contribution in [-0.2, 0) is 14.3 Å². The number of amides is 2. The zero-order valence-corrected chi connectivity index (χ0v) is 21.6. The van der Waals surface area contributed by atoms with Crippen LogP contribution in [0.3, 0.4) is 0 Å². The lowest BCUT2D eigenvalue weighted by molar-refractivity contribution is -0.132. The van der Waals surface area contributed by atoms with E-state index in [4.69, 9.17) is 19.9 Å². The predicted molar refractivity (Wildman–Crippen MR) is 132 cm³/mol. The summed E-state index contributed by atoms with van der Waals surface area (Å²) in [5.74, 6) is 1.41. The Balaban J connectivity index is 1.50. The number of guanidine groups is 1. The van der Waals surface area contributed by atoms with Crippen molar-refractivity contribution in [1.29, 1.82) is 0 Å². The van der Waals surface area contributed by atoms with Gasteiger partial charge in [0.15, 0.2) is 5.96 Å². The molecule has 0 saturated heterocycles. The molecule has 2 aliphatic heterocycles. The molecule has 0 radical (unpaired) electrons. The van der Waals surface area contributed by atoms with Gasteiger partial charge in [0.05, 0.1) is 25.1 Å². The van der Waals surface area contributed by atoms with Crippen LogP contribution in [0.4, 0.5) is 0 Å². The molecule has 2 amide bonds. The van der Waals surface area contributed by atoms with Crippen molar-refractivity contribution in [3.05, 3.63) is 23.8 Å². The number of benzene rings is 1. The Morgan fingerprint density at radius 3 is 2.71 bits per heavy atom. The van der Waals surface area contributed by atoms with E-state index in [-0.39, 0.29) is 48.1 Å². The van der Waals surface area contributed by atoms with E-state index in [0.717, 1.165) is 11.3 Å². The van der Waals surface area contributed by atoms with Gasteiger partial charge in [0.1, 0.15) is 17.1 Å². The SMILES string of the molecule is COCC[C@H](C1C[C@H]1C(=O)N[C@H]1CC(C)(C)Oc2cc(OC)ccc21)N1C(=O)CC(C)(C)N=C1N. The van der Waals surface area contributed by atoms with E-state index in [1.54, 1.807) is 19.1 Å². The first-order valence-corrected chi connectivity index (χ1v) is 12.3. The van der Waals surface area contributed by atoms with E-state index in [1.807, 2.05) is 45.9 Å². The number of nitrogens with zero attached hydrogens (tertiary/aromatic N) is 2. The number of aliphatic imine (C=N–C) groups is 1. The molecule has 9 nitrogen and oxygen atoms in total. The number of ether oxygens (including phenoxy) is 3. The normalized spacial score (nSPS) is 27.3. The zero-order chi connectivity index (χ0) is 25.5. The van der Waals surface area contributed by atoms with E-state index >= 15 is 0 Å². The molecule has 3 aliphatic rings. The van der Waals surface area contributed by atoms with Crippen molar-refractivity contribution in [3.63, 3.8) is 0 Å². The molecule has 192 valence electrons. The molecule has 1 aromatic carbocycles. The molecule has 35 heavy (non-hydrogen) atoms. The van der Waals surface area contributed by atoms with Crippen LogP contribution in [0.15, 0.2) is 23.2 Å². The molecule has 2 heterocycles. The molecule has 9 heteroatoms. The average Bonchev–Trinajstić information content (AvgIpc) is 3.54.